The predicted octanol–water partition coefficient (Wildman–Crippen LogP) is 4.51. The minimum atomic E-state index is -0.530. The van der Waals surface area contributed by atoms with Gasteiger partial charge in [-0.15, -0.1) is 0 Å². The van der Waals surface area contributed by atoms with E-state index in [2.05, 4.69) is 45.7 Å². The van der Waals surface area contributed by atoms with Crippen LogP contribution < -0.4 is 10.1 Å². The van der Waals surface area contributed by atoms with Crippen molar-refractivity contribution in [2.24, 2.45) is 0 Å². The van der Waals surface area contributed by atoms with Gasteiger partial charge in [0.2, 0.25) is 5.91 Å². The number of carbonyl (C=O) groups is 2. The molecule has 3 aromatic carbocycles. The Morgan fingerprint density at radius 3 is 2.60 bits per heavy atom. The van der Waals surface area contributed by atoms with Crippen molar-refractivity contribution >= 4 is 40.6 Å². The van der Waals surface area contributed by atoms with Gasteiger partial charge in [-0.25, -0.2) is 0 Å². The van der Waals surface area contributed by atoms with Gasteiger partial charge in [-0.2, -0.15) is 5.10 Å². The fourth-order valence-electron chi connectivity index (χ4n) is 6.20. The summed E-state index contributed by atoms with van der Waals surface area (Å²) in [5.74, 6) is 1.02. The van der Waals surface area contributed by atoms with Crippen molar-refractivity contribution in [1.82, 2.24) is 20.0 Å². The van der Waals surface area contributed by atoms with Gasteiger partial charge < -0.3 is 19.9 Å². The number of nitrogens with one attached hydrogen (secondary N) is 2. The van der Waals surface area contributed by atoms with Gasteiger partial charge in [-0.1, -0.05) is 30.3 Å². The third-order valence-corrected chi connectivity index (χ3v) is 8.72. The van der Waals surface area contributed by atoms with Crippen LogP contribution >= 0.6 is 0 Å². The molecular weight excluding hydrogens is 502 g/mol. The van der Waals surface area contributed by atoms with Crippen LogP contribution in [0.1, 0.15) is 45.1 Å². The van der Waals surface area contributed by atoms with Crippen LogP contribution in [-0.2, 0) is 10.2 Å². The van der Waals surface area contributed by atoms with Crippen LogP contribution in [-0.4, -0.2) is 72.1 Å². The molecule has 0 radical (unpaired) electrons. The highest BCUT2D eigenvalue weighted by atomic mass is 16.5. The van der Waals surface area contributed by atoms with E-state index in [-0.39, 0.29) is 17.7 Å². The van der Waals surface area contributed by atoms with Crippen molar-refractivity contribution in [3.63, 3.8) is 0 Å². The zero-order chi connectivity index (χ0) is 27.4. The number of carbonyl (C=O) groups excluding carboxylic acids is 2. The molecule has 1 saturated heterocycles. The number of ether oxygens (including phenoxy) is 1. The Morgan fingerprint density at radius 1 is 1.02 bits per heavy atom. The van der Waals surface area contributed by atoms with Crippen molar-refractivity contribution in [3.05, 3.63) is 88.6 Å². The standard InChI is InChI=1S/C32H31N5O3/c1-36-13-15-37(16-14-36)30(38)21-6-3-20(4-7-21)5-11-27-24-10-8-22(17-29(24)35-34-27)26-19-32(26)25-18-23(40-2)9-12-28(25)33-31(32)39/h3-12,17-18,26H,13-16,19H2,1-2H3,(H,33,39)(H,34,35)/b11-5+/t26-,32?/m0/s1. The highest BCUT2D eigenvalue weighted by Gasteiger charge is 2.65. The van der Waals surface area contributed by atoms with E-state index in [0.29, 0.717) is 5.56 Å². The van der Waals surface area contributed by atoms with E-state index in [1.807, 2.05) is 59.5 Å². The SMILES string of the molecule is COc1ccc2c(c1)C1(C[C@H]1c1ccc3c(/C=C/c4ccc(C(=O)N5CCN(C)CC5)cc4)n[nH]c3c1)C(=O)N2. The molecule has 2 amide bonds. The minimum Gasteiger partial charge on any atom is -0.497 e. The van der Waals surface area contributed by atoms with Crippen molar-refractivity contribution in [1.29, 1.82) is 0 Å². The van der Waals surface area contributed by atoms with Crippen molar-refractivity contribution in [2.45, 2.75) is 17.8 Å². The van der Waals surface area contributed by atoms with Crippen molar-refractivity contribution < 1.29 is 14.3 Å². The molecule has 0 bridgehead atoms. The van der Waals surface area contributed by atoms with E-state index >= 15 is 0 Å². The molecule has 40 heavy (non-hydrogen) atoms. The van der Waals surface area contributed by atoms with E-state index < -0.39 is 5.41 Å². The summed E-state index contributed by atoms with van der Waals surface area (Å²) in [7, 11) is 3.73. The number of anilines is 1. The summed E-state index contributed by atoms with van der Waals surface area (Å²) in [6, 6.07) is 19.8. The normalized spacial score (nSPS) is 22.2. The molecule has 2 aliphatic heterocycles. The van der Waals surface area contributed by atoms with E-state index in [0.717, 1.165) is 77.3 Å². The first kappa shape index (κ1) is 24.6. The molecule has 1 saturated carbocycles. The first-order chi connectivity index (χ1) is 19.5. The van der Waals surface area contributed by atoms with Gasteiger partial charge in [0.15, 0.2) is 0 Å². The maximum atomic E-state index is 13.0. The molecule has 8 nitrogen and oxygen atoms in total. The first-order valence-corrected chi connectivity index (χ1v) is 13.7. The highest BCUT2D eigenvalue weighted by Crippen LogP contribution is 2.65. The third kappa shape index (κ3) is 3.98. The van der Waals surface area contributed by atoms with Crippen molar-refractivity contribution in [2.75, 3.05) is 45.7 Å². The van der Waals surface area contributed by atoms with Crippen LogP contribution in [0.3, 0.4) is 0 Å². The summed E-state index contributed by atoms with van der Waals surface area (Å²) in [4.78, 5) is 30.0. The number of H-pyrrole nitrogens is 1. The second-order valence-corrected chi connectivity index (χ2v) is 11.1. The number of piperazine rings is 1. The summed E-state index contributed by atoms with van der Waals surface area (Å²) in [5.41, 5.74) is 6.00. The maximum Gasteiger partial charge on any atom is 0.253 e. The number of aromatic nitrogens is 2. The lowest BCUT2D eigenvalue weighted by atomic mass is 9.91. The Morgan fingerprint density at radius 2 is 1.82 bits per heavy atom. The molecule has 1 unspecified atom stereocenters. The number of hydrogen-bond acceptors (Lipinski definition) is 5. The minimum absolute atomic E-state index is 0.0605. The third-order valence-electron chi connectivity index (χ3n) is 8.72. The van der Waals surface area contributed by atoms with Crippen LogP contribution in [0, 0.1) is 0 Å². The summed E-state index contributed by atoms with van der Waals surface area (Å²) in [5, 5.41) is 11.8. The number of nitrogens with zero attached hydrogens (tertiary/aromatic N) is 3. The van der Waals surface area contributed by atoms with Crippen LogP contribution in [0.4, 0.5) is 5.69 Å². The Hall–Kier alpha value is -4.43. The topological polar surface area (TPSA) is 90.6 Å². The van der Waals surface area contributed by atoms with Gasteiger partial charge in [0.1, 0.15) is 5.75 Å². The molecule has 2 atom stereocenters. The molecule has 1 aliphatic carbocycles. The van der Waals surface area contributed by atoms with Gasteiger partial charge in [0.05, 0.1) is 23.7 Å². The predicted molar refractivity (Wildman–Crippen MR) is 156 cm³/mol. The maximum absolute atomic E-state index is 13.0. The van der Waals surface area contributed by atoms with Crippen LogP contribution in [0.5, 0.6) is 5.75 Å². The van der Waals surface area contributed by atoms with Gasteiger partial charge >= 0.3 is 0 Å². The quantitative estimate of drug-likeness (QED) is 0.394. The van der Waals surface area contributed by atoms with Gasteiger partial charge in [0.25, 0.3) is 5.91 Å². The van der Waals surface area contributed by atoms with Crippen LogP contribution in [0.15, 0.2) is 60.7 Å². The smallest absolute Gasteiger partial charge is 0.253 e. The Labute approximate surface area is 232 Å². The lowest BCUT2D eigenvalue weighted by Gasteiger charge is -2.32. The van der Waals surface area contributed by atoms with Crippen LogP contribution in [0.2, 0.25) is 0 Å². The van der Waals surface area contributed by atoms with Gasteiger partial charge in [-0.05, 0) is 72.6 Å². The molecule has 3 aliphatic rings. The Kier molecular flexibility index (Phi) is 5.75. The van der Waals surface area contributed by atoms with Gasteiger partial charge in [0, 0.05) is 48.7 Å². The van der Waals surface area contributed by atoms with E-state index in [4.69, 9.17) is 4.74 Å². The van der Waals surface area contributed by atoms with E-state index in [1.54, 1.807) is 7.11 Å². The monoisotopic (exact) mass is 533 g/mol. The van der Waals surface area contributed by atoms with Crippen LogP contribution in [0.25, 0.3) is 23.1 Å². The number of amides is 2. The number of rotatable bonds is 5. The van der Waals surface area contributed by atoms with Crippen molar-refractivity contribution in [3.8, 4) is 5.75 Å². The molecule has 2 fully saturated rings. The summed E-state index contributed by atoms with van der Waals surface area (Å²) in [6.45, 7) is 3.35. The molecule has 3 heterocycles. The Bertz CT molecular complexity index is 1670. The van der Waals surface area contributed by atoms with Gasteiger partial charge in [-0.3, -0.25) is 14.7 Å². The summed E-state index contributed by atoms with van der Waals surface area (Å²) in [6.07, 6.45) is 4.77. The lowest BCUT2D eigenvalue weighted by molar-refractivity contribution is -0.118. The molecule has 1 spiro atoms. The molecule has 7 rings (SSSR count). The summed E-state index contributed by atoms with van der Waals surface area (Å²) >= 11 is 0. The number of likely N-dealkylation sites (N-methyl/N-ethyl adjacent to an activating group) is 1. The number of hydrogen-bond donors (Lipinski definition) is 2. The average molecular weight is 534 g/mol. The molecule has 8 heteroatoms. The molecule has 1 aromatic heterocycles. The fraction of sp³-hybridized carbons (Fsp3) is 0.281. The van der Waals surface area contributed by atoms with E-state index in [9.17, 15) is 9.59 Å². The number of fused-ring (bicyclic) bond motifs is 3. The zero-order valence-electron chi connectivity index (χ0n) is 22.6. The molecule has 2 N–H and O–H groups in total. The molecule has 202 valence electrons. The van der Waals surface area contributed by atoms with E-state index in [1.165, 1.54) is 0 Å². The molecular formula is C32H31N5O3. The highest BCUT2D eigenvalue weighted by molar-refractivity contribution is 6.10. The average Bonchev–Trinajstić information content (AvgIpc) is 3.53. The lowest BCUT2D eigenvalue weighted by Crippen LogP contribution is -2.47. The second kappa shape index (κ2) is 9.34. The second-order valence-electron chi connectivity index (χ2n) is 11.1. The molecule has 4 aromatic rings. The summed E-state index contributed by atoms with van der Waals surface area (Å²) < 4.78 is 5.42. The first-order valence-electron chi connectivity index (χ1n) is 13.7. The zero-order valence-corrected chi connectivity index (χ0v) is 22.6. The number of benzene rings is 3. The largest absolute Gasteiger partial charge is 0.497 e. The number of aromatic amines is 1. The number of methoxy groups -OCH3 is 1. The Balaban J connectivity index is 1.07. The fourth-order valence-corrected chi connectivity index (χ4v) is 6.20.